The van der Waals surface area contributed by atoms with Gasteiger partial charge in [-0.2, -0.15) is 0 Å². The first kappa shape index (κ1) is 26.6. The van der Waals surface area contributed by atoms with Crippen LogP contribution in [-0.2, 0) is 4.79 Å². The molecule has 4 N–H and O–H groups in total. The number of hydrogen-bond acceptors (Lipinski definition) is 3. The molecule has 0 saturated heterocycles. The zero-order valence-corrected chi connectivity index (χ0v) is 22.1. The fraction of sp³-hybridized carbons (Fsp3) is 0.167. The molecule has 0 radical (unpaired) electrons. The predicted octanol–water partition coefficient (Wildman–Crippen LogP) is 7.19. The van der Waals surface area contributed by atoms with Crippen molar-refractivity contribution in [3.8, 4) is 0 Å². The Bertz CT molecular complexity index is 1400. The first-order valence-corrected chi connectivity index (χ1v) is 12.2. The van der Waals surface area contributed by atoms with Gasteiger partial charge in [-0.25, -0.2) is 13.2 Å². The molecule has 1 aliphatic rings. The molecular formula is C24H16BrCl3F3N3O2. The summed E-state index contributed by atoms with van der Waals surface area (Å²) < 4.78 is 40.4. The molecule has 0 aromatic heterocycles. The Balaban J connectivity index is 1.53. The van der Waals surface area contributed by atoms with Crippen LogP contribution in [0.2, 0.25) is 5.02 Å². The van der Waals surface area contributed by atoms with E-state index in [1.165, 1.54) is 24.3 Å². The number of nitrogen functional groups attached to an aromatic ring is 1. The van der Waals surface area contributed by atoms with Gasteiger partial charge in [-0.1, -0.05) is 17.7 Å². The van der Waals surface area contributed by atoms with Crippen molar-refractivity contribution >= 4 is 79.6 Å². The molecule has 0 spiro atoms. The van der Waals surface area contributed by atoms with Crippen LogP contribution in [0, 0.1) is 30.3 Å². The Morgan fingerprint density at radius 3 is 2.39 bits per heavy atom. The zero-order valence-electron chi connectivity index (χ0n) is 18.2. The summed E-state index contributed by atoms with van der Waals surface area (Å²) in [6.07, 6.45) is 0. The molecule has 3 aromatic carbocycles. The molecule has 4 rings (SSSR count). The van der Waals surface area contributed by atoms with E-state index in [1.54, 1.807) is 13.0 Å². The van der Waals surface area contributed by atoms with E-state index in [4.69, 9.17) is 40.5 Å². The highest BCUT2D eigenvalue weighted by atomic mass is 79.9. The first-order valence-electron chi connectivity index (χ1n) is 10.3. The molecule has 12 heteroatoms. The zero-order chi connectivity index (χ0) is 26.5. The van der Waals surface area contributed by atoms with Crippen LogP contribution in [0.3, 0.4) is 0 Å². The molecule has 0 bridgehead atoms. The first-order chi connectivity index (χ1) is 16.8. The van der Waals surface area contributed by atoms with Gasteiger partial charge in [0.2, 0.25) is 5.91 Å². The summed E-state index contributed by atoms with van der Waals surface area (Å²) in [5, 5.41) is 4.93. The molecule has 1 aliphatic carbocycles. The monoisotopic (exact) mass is 619 g/mol. The summed E-state index contributed by atoms with van der Waals surface area (Å²) in [6, 6.07) is 9.11. The number of anilines is 3. The van der Waals surface area contributed by atoms with Crippen LogP contribution in [0.15, 0.2) is 46.9 Å². The number of amides is 2. The van der Waals surface area contributed by atoms with E-state index in [2.05, 4.69) is 26.6 Å². The molecular weight excluding hydrogens is 606 g/mol. The summed E-state index contributed by atoms with van der Waals surface area (Å²) in [5.74, 6) is -5.34. The summed E-state index contributed by atoms with van der Waals surface area (Å²) in [4.78, 5) is 25.7. The lowest BCUT2D eigenvalue weighted by Gasteiger charge is -2.11. The van der Waals surface area contributed by atoms with Crippen molar-refractivity contribution in [3.63, 3.8) is 0 Å². The van der Waals surface area contributed by atoms with Crippen LogP contribution in [0.1, 0.15) is 27.4 Å². The number of nitrogens with one attached hydrogen (secondary N) is 2. The van der Waals surface area contributed by atoms with Gasteiger partial charge >= 0.3 is 0 Å². The lowest BCUT2D eigenvalue weighted by Crippen LogP contribution is -2.18. The molecule has 3 aromatic rings. The van der Waals surface area contributed by atoms with Gasteiger partial charge in [0, 0.05) is 11.6 Å². The van der Waals surface area contributed by atoms with Gasteiger partial charge < -0.3 is 16.4 Å². The number of carbonyl (C=O) groups excluding carboxylic acids is 2. The third kappa shape index (κ3) is 4.89. The van der Waals surface area contributed by atoms with E-state index in [9.17, 15) is 22.8 Å². The average Bonchev–Trinajstić information content (AvgIpc) is 3.40. The van der Waals surface area contributed by atoms with E-state index in [0.29, 0.717) is 11.1 Å². The summed E-state index contributed by atoms with van der Waals surface area (Å²) in [5.41, 5.74) is 5.28. The van der Waals surface area contributed by atoms with Gasteiger partial charge in [0.1, 0.15) is 21.7 Å². The molecule has 2 amide bonds. The third-order valence-electron chi connectivity index (χ3n) is 5.78. The Kier molecular flexibility index (Phi) is 7.22. The van der Waals surface area contributed by atoms with E-state index < -0.39 is 51.1 Å². The third-order valence-corrected chi connectivity index (χ3v) is 7.63. The lowest BCUT2D eigenvalue weighted by molar-refractivity contribution is -0.117. The smallest absolute Gasteiger partial charge is 0.257 e. The highest BCUT2D eigenvalue weighted by Gasteiger charge is 2.67. The Morgan fingerprint density at radius 2 is 1.72 bits per heavy atom. The molecule has 2 atom stereocenters. The molecule has 2 unspecified atom stereocenters. The largest absolute Gasteiger partial charge is 0.394 e. The molecule has 1 saturated carbocycles. The second kappa shape index (κ2) is 9.78. The molecule has 36 heavy (non-hydrogen) atoms. The highest BCUT2D eigenvalue weighted by Crippen LogP contribution is 2.65. The topological polar surface area (TPSA) is 84.2 Å². The van der Waals surface area contributed by atoms with E-state index >= 15 is 0 Å². The molecule has 5 nitrogen and oxygen atoms in total. The number of alkyl halides is 2. The maximum absolute atomic E-state index is 14.2. The van der Waals surface area contributed by atoms with Crippen LogP contribution in [-0.4, -0.2) is 16.1 Å². The fourth-order valence-corrected chi connectivity index (χ4v) is 5.46. The van der Waals surface area contributed by atoms with Gasteiger partial charge in [-0.15, -0.1) is 23.2 Å². The lowest BCUT2D eigenvalue weighted by atomic mass is 10.1. The Hall–Kier alpha value is -2.46. The number of halogens is 7. The fourth-order valence-electron chi connectivity index (χ4n) is 3.85. The minimum absolute atomic E-state index is 0.0148. The van der Waals surface area contributed by atoms with Crippen molar-refractivity contribution in [3.05, 3.63) is 86.1 Å². The molecule has 1 fully saturated rings. The van der Waals surface area contributed by atoms with E-state index in [1.807, 2.05) is 0 Å². The number of rotatable bonds is 5. The van der Waals surface area contributed by atoms with Crippen molar-refractivity contribution in [2.24, 2.45) is 5.92 Å². The van der Waals surface area contributed by atoms with Gasteiger partial charge in [-0.3, -0.25) is 9.59 Å². The van der Waals surface area contributed by atoms with Gasteiger partial charge in [0.15, 0.2) is 5.82 Å². The number of aryl methyl sites for hydroxylation is 1. The van der Waals surface area contributed by atoms with Crippen LogP contribution in [0.25, 0.3) is 0 Å². The van der Waals surface area contributed by atoms with Gasteiger partial charge in [0.25, 0.3) is 5.91 Å². The van der Waals surface area contributed by atoms with Crippen molar-refractivity contribution in [2.75, 3.05) is 16.4 Å². The van der Waals surface area contributed by atoms with Crippen molar-refractivity contribution in [2.45, 2.75) is 17.2 Å². The van der Waals surface area contributed by atoms with E-state index in [0.717, 1.165) is 12.1 Å². The summed E-state index contributed by atoms with van der Waals surface area (Å²) >= 11 is 22.0. The number of benzene rings is 3. The summed E-state index contributed by atoms with van der Waals surface area (Å²) in [6.45, 7) is 1.58. The van der Waals surface area contributed by atoms with Crippen molar-refractivity contribution in [1.29, 1.82) is 0 Å². The average molecular weight is 622 g/mol. The number of carbonyl (C=O) groups is 2. The second-order valence-corrected chi connectivity index (χ2v) is 10.9. The second-order valence-electron chi connectivity index (χ2n) is 8.22. The quantitative estimate of drug-likeness (QED) is 0.208. The molecule has 188 valence electrons. The van der Waals surface area contributed by atoms with Crippen molar-refractivity contribution < 1.29 is 22.8 Å². The van der Waals surface area contributed by atoms with Crippen molar-refractivity contribution in [1.82, 2.24) is 0 Å². The van der Waals surface area contributed by atoms with Crippen LogP contribution < -0.4 is 16.4 Å². The van der Waals surface area contributed by atoms with E-state index in [-0.39, 0.29) is 26.4 Å². The van der Waals surface area contributed by atoms with Gasteiger partial charge in [0.05, 0.1) is 26.7 Å². The number of nitrogens with two attached hydrogens (primary N) is 1. The number of hydrogen-bond donors (Lipinski definition) is 3. The Morgan fingerprint density at radius 1 is 1.03 bits per heavy atom. The molecule has 0 aliphatic heterocycles. The maximum Gasteiger partial charge on any atom is 0.257 e. The SMILES string of the molecule is Cc1cc(C2C(C(=O)Nc3ccc(Cl)c(C(=O)Nc4ccc(F)c(N)c4F)c3)C2(Cl)Cl)cc(Br)c1F. The van der Waals surface area contributed by atoms with Crippen LogP contribution in [0.5, 0.6) is 0 Å². The predicted molar refractivity (Wildman–Crippen MR) is 138 cm³/mol. The standard InChI is InChI=1S/C24H16BrCl3F3N3O2/c1-9-6-10(7-13(25)19(9)30)17-18(24(17,27)28)23(36)33-11-2-3-14(26)12(8-11)22(35)34-16-5-4-15(29)21(32)20(16)31/h2-8,17-18H,32H2,1H3,(H,33,36)(H,34,35). The maximum atomic E-state index is 14.2. The van der Waals surface area contributed by atoms with Crippen LogP contribution >= 0.6 is 50.7 Å². The van der Waals surface area contributed by atoms with Crippen LogP contribution in [0.4, 0.5) is 30.2 Å². The normalized spacial score (nSPS) is 18.0. The Labute approximate surface area is 227 Å². The highest BCUT2D eigenvalue weighted by molar-refractivity contribution is 9.10. The minimum atomic E-state index is -1.43. The van der Waals surface area contributed by atoms with Gasteiger partial charge in [-0.05, 0) is 70.4 Å². The molecule has 0 heterocycles. The summed E-state index contributed by atoms with van der Waals surface area (Å²) in [7, 11) is 0. The minimum Gasteiger partial charge on any atom is -0.394 e.